The van der Waals surface area contributed by atoms with Crippen molar-refractivity contribution in [1.82, 2.24) is 35.5 Å². The number of carbonyl (C=O) groups excluding carboxylic acids is 3. The van der Waals surface area contributed by atoms with Crippen LogP contribution >= 0.6 is 23.2 Å². The van der Waals surface area contributed by atoms with E-state index in [2.05, 4.69) is 35.9 Å². The van der Waals surface area contributed by atoms with E-state index < -0.39 is 18.0 Å². The number of benzene rings is 3. The zero-order valence-electron chi connectivity index (χ0n) is 25.5. The van der Waals surface area contributed by atoms with Gasteiger partial charge in [0.15, 0.2) is 0 Å². The number of hydrogen-bond donors (Lipinski definition) is 3. The highest BCUT2D eigenvalue weighted by Gasteiger charge is 2.35. The van der Waals surface area contributed by atoms with Gasteiger partial charge in [-0.1, -0.05) is 53.5 Å². The predicted octanol–water partition coefficient (Wildman–Crippen LogP) is 5.99. The molecule has 0 bridgehead atoms. The molecule has 2 aromatic heterocycles. The highest BCUT2D eigenvalue weighted by molar-refractivity contribution is 6.32. The van der Waals surface area contributed by atoms with Crippen LogP contribution in [0, 0.1) is 0 Å². The van der Waals surface area contributed by atoms with Crippen molar-refractivity contribution in [2.24, 2.45) is 0 Å². The summed E-state index contributed by atoms with van der Waals surface area (Å²) in [5.41, 5.74) is 3.56. The summed E-state index contributed by atoms with van der Waals surface area (Å²) in [4.78, 5) is 48.5. The van der Waals surface area contributed by atoms with E-state index in [1.54, 1.807) is 53.4 Å². The minimum absolute atomic E-state index is 0.0801. The molecule has 1 fully saturated rings. The molecule has 0 radical (unpaired) electrons. The molecule has 0 aliphatic heterocycles. The quantitative estimate of drug-likeness (QED) is 0.143. The van der Waals surface area contributed by atoms with Gasteiger partial charge in [0.2, 0.25) is 11.8 Å². The van der Waals surface area contributed by atoms with Crippen molar-refractivity contribution in [1.29, 1.82) is 0 Å². The summed E-state index contributed by atoms with van der Waals surface area (Å²) in [5, 5.41) is 17.5. The van der Waals surface area contributed by atoms with E-state index >= 15 is 0 Å². The maximum absolute atomic E-state index is 13.9. The molecule has 1 atom stereocenters. The highest BCUT2D eigenvalue weighted by Crippen LogP contribution is 2.34. The number of aromatic nitrogens is 6. The molecule has 6 rings (SSSR count). The van der Waals surface area contributed by atoms with Gasteiger partial charge in [-0.3, -0.25) is 14.9 Å². The number of hydrogen-bond acceptors (Lipinski definition) is 8. The Morgan fingerprint density at radius 1 is 1.08 bits per heavy atom. The second kappa shape index (κ2) is 14.5. The largest absolute Gasteiger partial charge is 0.453 e. The summed E-state index contributed by atoms with van der Waals surface area (Å²) in [6, 6.07) is 20.6. The van der Waals surface area contributed by atoms with Gasteiger partial charge < -0.3 is 19.9 Å². The number of rotatable bonds is 11. The number of nitrogens with zero attached hydrogens (tertiary/aromatic N) is 6. The van der Waals surface area contributed by atoms with Crippen LogP contribution in [-0.2, 0) is 14.3 Å². The third kappa shape index (κ3) is 7.70. The number of ether oxygens (including phenoxy) is 1. The molecule has 0 spiro atoms. The van der Waals surface area contributed by atoms with Crippen molar-refractivity contribution in [3.05, 3.63) is 107 Å². The Kier molecular flexibility index (Phi) is 9.78. The molecule has 0 unspecified atom stereocenters. The monoisotopic (exact) mass is 685 g/mol. The summed E-state index contributed by atoms with van der Waals surface area (Å²) in [6.45, 7) is 0. The first-order chi connectivity index (χ1) is 23.3. The molecule has 13 nitrogen and oxygen atoms in total. The zero-order valence-corrected chi connectivity index (χ0v) is 27.0. The van der Waals surface area contributed by atoms with E-state index in [4.69, 9.17) is 28.2 Å². The lowest BCUT2D eigenvalue weighted by Crippen LogP contribution is -2.37. The molecule has 1 aliphatic carbocycles. The number of anilines is 2. The number of halogens is 2. The molecule has 1 aliphatic rings. The van der Waals surface area contributed by atoms with Gasteiger partial charge in [0.25, 0.3) is 0 Å². The average Bonchev–Trinajstić information content (AvgIpc) is 3.60. The molecule has 3 aromatic carbocycles. The van der Waals surface area contributed by atoms with Gasteiger partial charge in [-0.2, -0.15) is 4.68 Å². The fraction of sp³-hybridized carbons (Fsp3) is 0.182. The molecule has 1 saturated carbocycles. The molecule has 2 heterocycles. The molecule has 48 heavy (non-hydrogen) atoms. The van der Waals surface area contributed by atoms with E-state index in [-0.39, 0.29) is 23.5 Å². The number of nitrogens with one attached hydrogen (secondary N) is 3. The lowest BCUT2D eigenvalue weighted by Gasteiger charge is -2.25. The molecule has 15 heteroatoms. The summed E-state index contributed by atoms with van der Waals surface area (Å²) in [7, 11) is 1.28. The number of para-hydroxylation sites is 1. The normalized spacial score (nSPS) is 13.2. The number of amides is 3. The third-order valence-corrected chi connectivity index (χ3v) is 8.02. The SMILES string of the molecule is COC(=O)Nc1ccc(-c2nc([C@H](CC(=O)N(c3ccccc3)C3CC3)NC(=O)C=Cc3cc(Cl)ccc3-n3cnnn3)[nH]c2Cl)cc1. The summed E-state index contributed by atoms with van der Waals surface area (Å²) >= 11 is 12.9. The van der Waals surface area contributed by atoms with E-state index in [0.29, 0.717) is 39.0 Å². The Balaban J connectivity index is 1.28. The molecule has 5 aromatic rings. The van der Waals surface area contributed by atoms with Crippen LogP contribution < -0.4 is 15.5 Å². The fourth-order valence-electron chi connectivity index (χ4n) is 5.10. The molecule has 0 saturated heterocycles. The minimum atomic E-state index is -0.871. The second-order valence-electron chi connectivity index (χ2n) is 10.9. The van der Waals surface area contributed by atoms with E-state index in [1.807, 2.05) is 30.3 Å². The van der Waals surface area contributed by atoms with Crippen molar-refractivity contribution < 1.29 is 19.1 Å². The number of H-pyrrole nitrogens is 1. The van der Waals surface area contributed by atoms with E-state index in [9.17, 15) is 14.4 Å². The van der Waals surface area contributed by atoms with Crippen molar-refractivity contribution in [3.8, 4) is 16.9 Å². The number of imidazole rings is 1. The Morgan fingerprint density at radius 2 is 1.85 bits per heavy atom. The van der Waals surface area contributed by atoms with Crippen LogP contribution in [0.3, 0.4) is 0 Å². The Bertz CT molecular complexity index is 1940. The van der Waals surface area contributed by atoms with Gasteiger partial charge in [-0.15, -0.1) is 5.10 Å². The van der Waals surface area contributed by atoms with Gasteiger partial charge in [0.1, 0.15) is 23.0 Å². The standard InChI is InChI=1S/C33H29Cl2N9O4/c1-48-33(47)37-23-11-7-20(8-12-23)30-31(35)40-32(39-30)26(18-29(46)44(25-13-14-25)24-5-3-2-4-6-24)38-28(45)16-9-21-17-22(34)10-15-27(21)43-19-36-41-42-43/h2-12,15-17,19,25-26H,13-14,18H2,1H3,(H,37,47)(H,38,45)(H,39,40)/t26-/m0/s1. The molecule has 3 amide bonds. The first kappa shape index (κ1) is 32.4. The van der Waals surface area contributed by atoms with Crippen LogP contribution in [0.5, 0.6) is 0 Å². The number of tetrazole rings is 1. The lowest BCUT2D eigenvalue weighted by molar-refractivity contribution is -0.120. The van der Waals surface area contributed by atoms with Gasteiger partial charge in [-0.25, -0.2) is 9.78 Å². The molecule has 3 N–H and O–H groups in total. The topological polar surface area (TPSA) is 160 Å². The number of aromatic amines is 1. The second-order valence-corrected chi connectivity index (χ2v) is 11.7. The van der Waals surface area contributed by atoms with Crippen LogP contribution in [0.25, 0.3) is 23.0 Å². The highest BCUT2D eigenvalue weighted by atomic mass is 35.5. The minimum Gasteiger partial charge on any atom is -0.453 e. The van der Waals surface area contributed by atoms with E-state index in [1.165, 1.54) is 24.2 Å². The molecule has 244 valence electrons. The zero-order chi connectivity index (χ0) is 33.6. The summed E-state index contributed by atoms with van der Waals surface area (Å²) in [6.07, 6.45) is 5.44. The van der Waals surface area contributed by atoms with Crippen LogP contribution in [0.15, 0.2) is 85.2 Å². The Hall–Kier alpha value is -5.53. The summed E-state index contributed by atoms with van der Waals surface area (Å²) in [5.74, 6) is -0.371. The van der Waals surface area contributed by atoms with Gasteiger partial charge in [0.05, 0.1) is 25.3 Å². The number of carbonyl (C=O) groups is 3. The third-order valence-electron chi connectivity index (χ3n) is 7.51. The first-order valence-electron chi connectivity index (χ1n) is 14.9. The average molecular weight is 687 g/mol. The summed E-state index contributed by atoms with van der Waals surface area (Å²) < 4.78 is 6.10. The van der Waals surface area contributed by atoms with Crippen molar-refractivity contribution in [2.75, 3.05) is 17.3 Å². The van der Waals surface area contributed by atoms with E-state index in [0.717, 1.165) is 18.5 Å². The maximum atomic E-state index is 13.9. The van der Waals surface area contributed by atoms with Crippen LogP contribution in [0.4, 0.5) is 16.2 Å². The molecular weight excluding hydrogens is 657 g/mol. The van der Waals surface area contributed by atoms with Gasteiger partial charge in [0, 0.05) is 39.6 Å². The van der Waals surface area contributed by atoms with Crippen molar-refractivity contribution >= 4 is 58.6 Å². The Labute approximate surface area is 284 Å². The molecular formula is C33H29Cl2N9O4. The van der Waals surface area contributed by atoms with Crippen LogP contribution in [0.2, 0.25) is 10.2 Å². The van der Waals surface area contributed by atoms with Crippen LogP contribution in [0.1, 0.15) is 36.7 Å². The lowest BCUT2D eigenvalue weighted by atomic mass is 10.1. The Morgan fingerprint density at radius 3 is 2.54 bits per heavy atom. The van der Waals surface area contributed by atoms with Gasteiger partial charge in [-0.05, 0) is 71.8 Å². The first-order valence-corrected chi connectivity index (χ1v) is 15.6. The van der Waals surface area contributed by atoms with Crippen molar-refractivity contribution in [3.63, 3.8) is 0 Å². The maximum Gasteiger partial charge on any atom is 0.411 e. The number of methoxy groups -OCH3 is 1. The smallest absolute Gasteiger partial charge is 0.411 e. The van der Waals surface area contributed by atoms with Crippen LogP contribution in [-0.4, -0.2) is 61.2 Å². The fourth-order valence-corrected chi connectivity index (χ4v) is 5.53. The predicted molar refractivity (Wildman–Crippen MR) is 181 cm³/mol. The van der Waals surface area contributed by atoms with Gasteiger partial charge >= 0.3 is 6.09 Å². The van der Waals surface area contributed by atoms with Crippen molar-refractivity contribution in [2.45, 2.75) is 31.3 Å².